The zero-order valence-corrected chi connectivity index (χ0v) is 20.6. The first kappa shape index (κ1) is 25.7. The summed E-state index contributed by atoms with van der Waals surface area (Å²) in [5.74, 6) is 0.951. The van der Waals surface area contributed by atoms with E-state index in [2.05, 4.69) is 27.8 Å². The molecule has 0 aromatic heterocycles. The third-order valence-corrected chi connectivity index (χ3v) is 5.85. The first-order chi connectivity index (χ1) is 13.3. The van der Waals surface area contributed by atoms with Crippen LogP contribution in [0.25, 0.3) is 0 Å². The van der Waals surface area contributed by atoms with Gasteiger partial charge in [0, 0.05) is 45.4 Å². The van der Waals surface area contributed by atoms with Gasteiger partial charge in [0.2, 0.25) is 5.91 Å². The quantitative estimate of drug-likeness (QED) is 0.230. The Kier molecular flexibility index (Phi) is 10.9. The van der Waals surface area contributed by atoms with Gasteiger partial charge in [0.15, 0.2) is 5.96 Å². The number of carbonyl (C=O) groups is 1. The molecule has 1 amide bonds. The van der Waals surface area contributed by atoms with Crippen LogP contribution in [0.3, 0.4) is 0 Å². The van der Waals surface area contributed by atoms with E-state index < -0.39 is 9.84 Å². The number of guanidine groups is 1. The number of carbonyl (C=O) groups excluding carboxylic acids is 1. The van der Waals surface area contributed by atoms with Gasteiger partial charge in [-0.25, -0.2) is 8.42 Å². The number of hydrogen-bond acceptors (Lipinski definition) is 4. The fourth-order valence-corrected chi connectivity index (χ4v) is 3.99. The fourth-order valence-electron chi connectivity index (χ4n) is 3.20. The van der Waals surface area contributed by atoms with Crippen molar-refractivity contribution in [3.63, 3.8) is 0 Å². The summed E-state index contributed by atoms with van der Waals surface area (Å²) < 4.78 is 22.5. The van der Waals surface area contributed by atoms with Crippen LogP contribution in [0.4, 0.5) is 0 Å². The van der Waals surface area contributed by atoms with Crippen molar-refractivity contribution in [1.29, 1.82) is 0 Å². The van der Waals surface area contributed by atoms with E-state index in [1.807, 2.05) is 24.0 Å². The molecule has 0 spiro atoms. The third-order valence-electron chi connectivity index (χ3n) is 4.87. The number of amides is 1. The maximum atomic E-state index is 12.5. The van der Waals surface area contributed by atoms with Gasteiger partial charge in [-0.05, 0) is 37.3 Å². The van der Waals surface area contributed by atoms with Crippen LogP contribution in [-0.2, 0) is 27.6 Å². The topological polar surface area (TPSA) is 90.9 Å². The molecule has 1 unspecified atom stereocenters. The molecule has 29 heavy (non-hydrogen) atoms. The van der Waals surface area contributed by atoms with E-state index in [0.29, 0.717) is 31.9 Å². The van der Waals surface area contributed by atoms with Crippen LogP contribution in [-0.4, -0.2) is 63.4 Å². The van der Waals surface area contributed by atoms with Gasteiger partial charge in [-0.1, -0.05) is 24.3 Å². The Balaban J connectivity index is 0.00000420. The lowest BCUT2D eigenvalue weighted by atomic mass is 9.99. The Morgan fingerprint density at radius 1 is 1.28 bits per heavy atom. The van der Waals surface area contributed by atoms with Gasteiger partial charge in [-0.15, -0.1) is 24.0 Å². The van der Waals surface area contributed by atoms with E-state index in [1.54, 1.807) is 7.05 Å². The molecular weight excluding hydrogens is 503 g/mol. The Labute approximate surface area is 191 Å². The minimum atomic E-state index is -2.96. The molecule has 7 nitrogen and oxygen atoms in total. The molecule has 1 aromatic carbocycles. The van der Waals surface area contributed by atoms with Gasteiger partial charge in [-0.2, -0.15) is 0 Å². The number of halogens is 1. The van der Waals surface area contributed by atoms with Crippen LogP contribution >= 0.6 is 24.0 Å². The second kappa shape index (κ2) is 12.4. The maximum Gasteiger partial charge on any atom is 0.222 e. The van der Waals surface area contributed by atoms with Crippen molar-refractivity contribution in [3.05, 3.63) is 35.4 Å². The van der Waals surface area contributed by atoms with Crippen molar-refractivity contribution < 1.29 is 13.2 Å². The molecule has 2 rings (SSSR count). The van der Waals surface area contributed by atoms with Crippen LogP contribution in [0, 0.1) is 0 Å². The minimum absolute atomic E-state index is 0. The number of nitrogens with one attached hydrogen (secondary N) is 2. The predicted molar refractivity (Wildman–Crippen MR) is 128 cm³/mol. The molecule has 0 bridgehead atoms. The standard InChI is InChI=1S/C20H32N4O3S.HI/c1-16(11-14-28(3,26)27)23-20(21-2)22-12-6-9-19(25)24-13-10-17-7-4-5-8-18(17)15-24;/h4-5,7-8,16H,6,9-15H2,1-3H3,(H2,21,22,23);1H. The average Bonchev–Trinajstić information content (AvgIpc) is 2.67. The molecule has 9 heteroatoms. The predicted octanol–water partition coefficient (Wildman–Crippen LogP) is 1.96. The van der Waals surface area contributed by atoms with E-state index in [4.69, 9.17) is 0 Å². The van der Waals surface area contributed by atoms with E-state index in [0.717, 1.165) is 19.4 Å². The number of aliphatic imine (C=N–C) groups is 1. The number of fused-ring (bicyclic) bond motifs is 1. The summed E-state index contributed by atoms with van der Waals surface area (Å²) in [5.41, 5.74) is 2.58. The molecule has 0 saturated heterocycles. The molecule has 2 N–H and O–H groups in total. The van der Waals surface area contributed by atoms with E-state index in [-0.39, 0.29) is 41.7 Å². The summed E-state index contributed by atoms with van der Waals surface area (Å²) in [5, 5.41) is 6.37. The molecule has 1 aromatic rings. The smallest absolute Gasteiger partial charge is 0.222 e. The highest BCUT2D eigenvalue weighted by atomic mass is 127. The molecular formula is C20H33IN4O3S. The zero-order valence-electron chi connectivity index (χ0n) is 17.5. The second-order valence-corrected chi connectivity index (χ2v) is 9.66. The molecule has 164 valence electrons. The van der Waals surface area contributed by atoms with Crippen molar-refractivity contribution in [1.82, 2.24) is 15.5 Å². The van der Waals surface area contributed by atoms with Crippen molar-refractivity contribution in [2.75, 3.05) is 32.1 Å². The van der Waals surface area contributed by atoms with Gasteiger partial charge in [0.05, 0.1) is 5.75 Å². The second-order valence-electron chi connectivity index (χ2n) is 7.40. The van der Waals surface area contributed by atoms with Gasteiger partial charge >= 0.3 is 0 Å². The normalized spacial score (nSPS) is 15.1. The number of hydrogen-bond donors (Lipinski definition) is 2. The number of rotatable bonds is 8. The highest BCUT2D eigenvalue weighted by molar-refractivity contribution is 14.0. The van der Waals surface area contributed by atoms with Gasteiger partial charge < -0.3 is 15.5 Å². The van der Waals surface area contributed by atoms with Crippen LogP contribution in [0.5, 0.6) is 0 Å². The molecule has 1 atom stereocenters. The SMILES string of the molecule is CN=C(NCCCC(=O)N1CCc2ccccc2C1)NC(C)CCS(C)(=O)=O.I. The van der Waals surface area contributed by atoms with Crippen LogP contribution in [0.15, 0.2) is 29.3 Å². The lowest BCUT2D eigenvalue weighted by Crippen LogP contribution is -2.43. The summed E-state index contributed by atoms with van der Waals surface area (Å²) in [4.78, 5) is 18.6. The van der Waals surface area contributed by atoms with Crippen molar-refractivity contribution in [2.24, 2.45) is 4.99 Å². The Bertz CT molecular complexity index is 799. The van der Waals surface area contributed by atoms with Crippen LogP contribution in [0.2, 0.25) is 0 Å². The van der Waals surface area contributed by atoms with Gasteiger partial charge in [-0.3, -0.25) is 9.79 Å². The molecule has 1 heterocycles. The van der Waals surface area contributed by atoms with Gasteiger partial charge in [0.25, 0.3) is 0 Å². The summed E-state index contributed by atoms with van der Waals surface area (Å²) in [6, 6.07) is 8.29. The van der Waals surface area contributed by atoms with E-state index >= 15 is 0 Å². The molecule has 0 saturated carbocycles. The highest BCUT2D eigenvalue weighted by Crippen LogP contribution is 2.19. The first-order valence-electron chi connectivity index (χ1n) is 9.78. The Morgan fingerprint density at radius 3 is 2.62 bits per heavy atom. The van der Waals surface area contributed by atoms with Crippen molar-refractivity contribution >= 4 is 45.7 Å². The minimum Gasteiger partial charge on any atom is -0.356 e. The molecule has 0 aliphatic carbocycles. The molecule has 1 aliphatic rings. The monoisotopic (exact) mass is 536 g/mol. The van der Waals surface area contributed by atoms with Crippen molar-refractivity contribution in [2.45, 2.75) is 45.2 Å². The lowest BCUT2D eigenvalue weighted by molar-refractivity contribution is -0.132. The van der Waals surface area contributed by atoms with Gasteiger partial charge in [0.1, 0.15) is 9.84 Å². The largest absolute Gasteiger partial charge is 0.356 e. The average molecular weight is 536 g/mol. The third kappa shape index (κ3) is 9.33. The molecule has 0 fully saturated rings. The van der Waals surface area contributed by atoms with Crippen LogP contribution < -0.4 is 10.6 Å². The number of benzene rings is 1. The summed E-state index contributed by atoms with van der Waals surface area (Å²) in [7, 11) is -1.29. The highest BCUT2D eigenvalue weighted by Gasteiger charge is 2.19. The number of nitrogens with zero attached hydrogens (tertiary/aromatic N) is 2. The van der Waals surface area contributed by atoms with Crippen molar-refractivity contribution in [3.8, 4) is 0 Å². The van der Waals surface area contributed by atoms with Crippen LogP contribution in [0.1, 0.15) is 37.3 Å². The zero-order chi connectivity index (χ0) is 20.6. The summed E-state index contributed by atoms with van der Waals surface area (Å²) in [6.45, 7) is 4.04. The maximum absolute atomic E-state index is 12.5. The van der Waals surface area contributed by atoms with E-state index in [1.165, 1.54) is 17.4 Å². The fraction of sp³-hybridized carbons (Fsp3) is 0.600. The summed E-state index contributed by atoms with van der Waals surface area (Å²) in [6.07, 6.45) is 3.90. The first-order valence-corrected chi connectivity index (χ1v) is 11.8. The number of sulfone groups is 1. The summed E-state index contributed by atoms with van der Waals surface area (Å²) >= 11 is 0. The Hall–Kier alpha value is -1.36. The van der Waals surface area contributed by atoms with E-state index in [9.17, 15) is 13.2 Å². The lowest BCUT2D eigenvalue weighted by Gasteiger charge is -2.29. The molecule has 0 radical (unpaired) electrons. The molecule has 1 aliphatic heterocycles. The Morgan fingerprint density at radius 2 is 1.97 bits per heavy atom.